The molecule has 1 heterocycles. The molecular weight excluding hydrogens is 261 g/mol. The second-order valence-corrected chi connectivity index (χ2v) is 3.88. The summed E-state index contributed by atoms with van der Waals surface area (Å²) in [5.74, 6) is 0.0869. The standard InChI is InChI=1S/C11H15F3N4O/c1-15-10(19)8-4-5-9(18-17-8)16-7-3-2-6-11(12,13)14/h4-5H,2-3,6-7H2,1H3,(H,15,19)(H,16,18). The number of nitrogens with one attached hydrogen (secondary N) is 2. The lowest BCUT2D eigenvalue weighted by Gasteiger charge is -2.07. The second-order valence-electron chi connectivity index (χ2n) is 3.88. The Hall–Kier alpha value is -1.86. The fourth-order valence-electron chi connectivity index (χ4n) is 1.34. The Labute approximate surface area is 108 Å². The highest BCUT2D eigenvalue weighted by atomic mass is 19.4. The van der Waals surface area contributed by atoms with Crippen LogP contribution in [0.15, 0.2) is 12.1 Å². The van der Waals surface area contributed by atoms with Crippen LogP contribution in [0.5, 0.6) is 0 Å². The topological polar surface area (TPSA) is 66.9 Å². The number of anilines is 1. The third-order valence-electron chi connectivity index (χ3n) is 2.32. The SMILES string of the molecule is CNC(=O)c1ccc(NCCCCC(F)(F)F)nn1. The van der Waals surface area contributed by atoms with E-state index in [4.69, 9.17) is 0 Å². The number of amides is 1. The van der Waals surface area contributed by atoms with E-state index in [2.05, 4.69) is 20.8 Å². The van der Waals surface area contributed by atoms with Crippen LogP contribution in [0.25, 0.3) is 0 Å². The van der Waals surface area contributed by atoms with Crippen molar-refractivity contribution >= 4 is 11.7 Å². The second kappa shape index (κ2) is 6.91. The van der Waals surface area contributed by atoms with Crippen molar-refractivity contribution in [1.29, 1.82) is 0 Å². The average molecular weight is 276 g/mol. The number of alkyl halides is 3. The lowest BCUT2D eigenvalue weighted by atomic mass is 10.2. The van der Waals surface area contributed by atoms with E-state index in [1.165, 1.54) is 13.1 Å². The molecule has 0 unspecified atom stereocenters. The number of carbonyl (C=O) groups is 1. The number of nitrogens with zero attached hydrogens (tertiary/aromatic N) is 2. The molecule has 1 rings (SSSR count). The fourth-order valence-corrected chi connectivity index (χ4v) is 1.34. The van der Waals surface area contributed by atoms with E-state index < -0.39 is 12.6 Å². The molecule has 0 radical (unpaired) electrons. The molecule has 0 bridgehead atoms. The number of rotatable bonds is 6. The van der Waals surface area contributed by atoms with E-state index in [1.807, 2.05) is 0 Å². The molecule has 0 aliphatic heterocycles. The van der Waals surface area contributed by atoms with Gasteiger partial charge in [-0.3, -0.25) is 4.79 Å². The fraction of sp³-hybridized carbons (Fsp3) is 0.545. The smallest absolute Gasteiger partial charge is 0.369 e. The van der Waals surface area contributed by atoms with Crippen molar-refractivity contribution in [2.75, 3.05) is 18.9 Å². The van der Waals surface area contributed by atoms with Gasteiger partial charge in [0.25, 0.3) is 5.91 Å². The molecule has 0 aromatic carbocycles. The summed E-state index contributed by atoms with van der Waals surface area (Å²) in [6.45, 7) is 0.379. The molecule has 2 N–H and O–H groups in total. The van der Waals surface area contributed by atoms with Gasteiger partial charge in [-0.1, -0.05) is 0 Å². The molecule has 19 heavy (non-hydrogen) atoms. The Morgan fingerprint density at radius 1 is 1.26 bits per heavy atom. The van der Waals surface area contributed by atoms with E-state index in [0.717, 1.165) is 0 Å². The van der Waals surface area contributed by atoms with Gasteiger partial charge in [0.2, 0.25) is 0 Å². The molecule has 0 atom stereocenters. The van der Waals surface area contributed by atoms with Gasteiger partial charge in [-0.25, -0.2) is 0 Å². The zero-order valence-electron chi connectivity index (χ0n) is 10.4. The summed E-state index contributed by atoms with van der Waals surface area (Å²) in [6, 6.07) is 3.05. The van der Waals surface area contributed by atoms with Crippen LogP contribution in [0, 0.1) is 0 Å². The third kappa shape index (κ3) is 6.03. The lowest BCUT2D eigenvalue weighted by Crippen LogP contribution is -2.19. The first-order valence-electron chi connectivity index (χ1n) is 5.79. The number of halogens is 3. The third-order valence-corrected chi connectivity index (χ3v) is 2.32. The molecular formula is C11H15F3N4O. The predicted octanol–water partition coefficient (Wildman–Crippen LogP) is 1.98. The zero-order chi connectivity index (χ0) is 14.3. The number of unbranched alkanes of at least 4 members (excludes halogenated alkanes) is 1. The summed E-state index contributed by atoms with van der Waals surface area (Å²) in [5, 5.41) is 12.7. The molecule has 1 amide bonds. The number of hydrogen-bond acceptors (Lipinski definition) is 4. The first-order chi connectivity index (χ1) is 8.92. The molecule has 5 nitrogen and oxygen atoms in total. The summed E-state index contributed by atoms with van der Waals surface area (Å²) < 4.78 is 35.6. The first kappa shape index (κ1) is 15.2. The predicted molar refractivity (Wildman–Crippen MR) is 63.8 cm³/mol. The number of hydrogen-bond donors (Lipinski definition) is 2. The minimum Gasteiger partial charge on any atom is -0.369 e. The van der Waals surface area contributed by atoms with Gasteiger partial charge >= 0.3 is 6.18 Å². The molecule has 1 aromatic heterocycles. The van der Waals surface area contributed by atoms with Gasteiger partial charge in [-0.15, -0.1) is 10.2 Å². The first-order valence-corrected chi connectivity index (χ1v) is 5.79. The van der Waals surface area contributed by atoms with Gasteiger partial charge in [0, 0.05) is 20.0 Å². The summed E-state index contributed by atoms with van der Waals surface area (Å²) in [7, 11) is 1.48. The Balaban J connectivity index is 2.29. The molecule has 0 saturated heterocycles. The van der Waals surface area contributed by atoms with Crippen LogP contribution < -0.4 is 10.6 Å². The Morgan fingerprint density at radius 3 is 2.53 bits per heavy atom. The molecule has 1 aromatic rings. The van der Waals surface area contributed by atoms with Gasteiger partial charge < -0.3 is 10.6 Å². The van der Waals surface area contributed by atoms with Crippen molar-refractivity contribution in [2.24, 2.45) is 0 Å². The van der Waals surface area contributed by atoms with Crippen molar-refractivity contribution < 1.29 is 18.0 Å². The summed E-state index contributed by atoms with van der Waals surface area (Å²) in [6.07, 6.45) is -4.43. The van der Waals surface area contributed by atoms with Crippen LogP contribution in [-0.2, 0) is 0 Å². The minimum atomic E-state index is -4.10. The van der Waals surface area contributed by atoms with Gasteiger partial charge in [-0.2, -0.15) is 13.2 Å². The highest BCUT2D eigenvalue weighted by molar-refractivity contribution is 5.91. The lowest BCUT2D eigenvalue weighted by molar-refractivity contribution is -0.135. The van der Waals surface area contributed by atoms with E-state index in [0.29, 0.717) is 18.8 Å². The van der Waals surface area contributed by atoms with E-state index in [9.17, 15) is 18.0 Å². The molecule has 0 spiro atoms. The largest absolute Gasteiger partial charge is 0.389 e. The van der Waals surface area contributed by atoms with Crippen LogP contribution >= 0.6 is 0 Å². The zero-order valence-corrected chi connectivity index (χ0v) is 10.4. The van der Waals surface area contributed by atoms with Crippen molar-refractivity contribution in [2.45, 2.75) is 25.4 Å². The maximum Gasteiger partial charge on any atom is 0.389 e. The molecule has 0 fully saturated rings. The maximum absolute atomic E-state index is 11.9. The van der Waals surface area contributed by atoms with Crippen LogP contribution in [0.4, 0.5) is 19.0 Å². The maximum atomic E-state index is 11.9. The molecule has 106 valence electrons. The molecule has 0 saturated carbocycles. The highest BCUT2D eigenvalue weighted by Gasteiger charge is 2.25. The van der Waals surface area contributed by atoms with Gasteiger partial charge in [0.15, 0.2) is 5.69 Å². The van der Waals surface area contributed by atoms with E-state index in [-0.39, 0.29) is 18.0 Å². The summed E-state index contributed by atoms with van der Waals surface area (Å²) >= 11 is 0. The van der Waals surface area contributed by atoms with Crippen molar-refractivity contribution in [3.8, 4) is 0 Å². The van der Waals surface area contributed by atoms with Gasteiger partial charge in [0.1, 0.15) is 5.82 Å². The monoisotopic (exact) mass is 276 g/mol. The number of carbonyl (C=O) groups excluding carboxylic acids is 1. The van der Waals surface area contributed by atoms with Crippen LogP contribution in [0.3, 0.4) is 0 Å². The van der Waals surface area contributed by atoms with Crippen LogP contribution in [-0.4, -0.2) is 35.9 Å². The molecule has 0 aliphatic rings. The average Bonchev–Trinajstić information content (AvgIpc) is 2.37. The summed E-state index contributed by atoms with van der Waals surface area (Å²) in [4.78, 5) is 11.2. The molecule has 8 heteroatoms. The van der Waals surface area contributed by atoms with Crippen LogP contribution in [0.2, 0.25) is 0 Å². The molecule has 0 aliphatic carbocycles. The van der Waals surface area contributed by atoms with Crippen LogP contribution in [0.1, 0.15) is 29.8 Å². The Morgan fingerprint density at radius 2 is 2.00 bits per heavy atom. The Kier molecular flexibility index (Phi) is 5.53. The van der Waals surface area contributed by atoms with Crippen molar-refractivity contribution in [3.05, 3.63) is 17.8 Å². The van der Waals surface area contributed by atoms with Gasteiger partial charge in [-0.05, 0) is 25.0 Å². The summed E-state index contributed by atoms with van der Waals surface area (Å²) in [5.41, 5.74) is 0.185. The number of aromatic nitrogens is 2. The van der Waals surface area contributed by atoms with E-state index in [1.54, 1.807) is 6.07 Å². The highest BCUT2D eigenvalue weighted by Crippen LogP contribution is 2.21. The van der Waals surface area contributed by atoms with Gasteiger partial charge in [0.05, 0.1) is 0 Å². The normalized spacial score (nSPS) is 11.2. The van der Waals surface area contributed by atoms with Crippen molar-refractivity contribution in [3.63, 3.8) is 0 Å². The van der Waals surface area contributed by atoms with E-state index >= 15 is 0 Å². The van der Waals surface area contributed by atoms with Crippen molar-refractivity contribution in [1.82, 2.24) is 15.5 Å². The quantitative estimate of drug-likeness (QED) is 0.780. The Bertz CT molecular complexity index is 405. The minimum absolute atomic E-state index is 0.0697.